The molecule has 0 aliphatic carbocycles. The summed E-state index contributed by atoms with van der Waals surface area (Å²) in [6, 6.07) is 0. The molecule has 0 aliphatic rings. The van der Waals surface area contributed by atoms with Gasteiger partial charge in [0.05, 0.1) is 0 Å². The smallest absolute Gasteiger partial charge is 0.0462 e. The zero-order valence-corrected chi connectivity index (χ0v) is 7.81. The number of unbranched alkanes of at least 4 members (excludes halogenated alkanes) is 3. The zero-order valence-electron chi connectivity index (χ0n) is 7.81. The van der Waals surface area contributed by atoms with E-state index in [1.54, 1.807) is 7.11 Å². The van der Waals surface area contributed by atoms with Crippen molar-refractivity contribution in [3.63, 3.8) is 0 Å². The number of methoxy groups -OCH3 is 1. The Hall–Kier alpha value is -0.520. The van der Waals surface area contributed by atoms with E-state index in [0.29, 0.717) is 0 Å². The Morgan fingerprint density at radius 1 is 1.08 bits per heavy atom. The van der Waals surface area contributed by atoms with Crippen LogP contribution in [0.25, 0.3) is 0 Å². The third-order valence-corrected chi connectivity index (χ3v) is 1.49. The number of ether oxygens (including phenoxy) is 1. The molecule has 0 saturated carbocycles. The highest BCUT2D eigenvalue weighted by atomic mass is 16.5. The van der Waals surface area contributed by atoms with E-state index in [-0.39, 0.29) is 6.61 Å². The van der Waals surface area contributed by atoms with E-state index >= 15 is 0 Å². The molecule has 0 saturated heterocycles. The Morgan fingerprint density at radius 3 is 2.33 bits per heavy atom. The maximum atomic E-state index is 8.45. The quantitative estimate of drug-likeness (QED) is 0.484. The van der Waals surface area contributed by atoms with Crippen LogP contribution in [0.15, 0.2) is 0 Å². The zero-order chi connectivity index (χ0) is 9.07. The van der Waals surface area contributed by atoms with Gasteiger partial charge in [0, 0.05) is 33.2 Å². The van der Waals surface area contributed by atoms with Gasteiger partial charge in [-0.25, -0.2) is 0 Å². The minimum atomic E-state index is 0.248. The highest BCUT2D eigenvalue weighted by Crippen LogP contribution is 1.93. The van der Waals surface area contributed by atoms with Crippen LogP contribution in [-0.2, 0) is 4.74 Å². The second kappa shape index (κ2) is 10.5. The lowest BCUT2D eigenvalue weighted by molar-refractivity contribution is 0.193. The van der Waals surface area contributed by atoms with Crippen molar-refractivity contribution in [1.29, 1.82) is 0 Å². The van der Waals surface area contributed by atoms with Crippen LogP contribution in [0, 0.1) is 11.8 Å². The minimum Gasteiger partial charge on any atom is -0.396 e. The molecule has 0 fully saturated rings. The molecule has 0 unspecified atom stereocenters. The Labute approximate surface area is 74.9 Å². The van der Waals surface area contributed by atoms with Crippen LogP contribution < -0.4 is 0 Å². The van der Waals surface area contributed by atoms with Gasteiger partial charge in [0.2, 0.25) is 0 Å². The van der Waals surface area contributed by atoms with Crippen LogP contribution in [-0.4, -0.2) is 25.4 Å². The molecular weight excluding hydrogens is 152 g/mol. The lowest BCUT2D eigenvalue weighted by Gasteiger charge is -1.93. The van der Waals surface area contributed by atoms with Crippen molar-refractivity contribution < 1.29 is 9.84 Å². The normalized spacial score (nSPS) is 9.17. The Balaban J connectivity index is 2.99. The second-order valence-electron chi connectivity index (χ2n) is 2.63. The molecule has 0 aromatic carbocycles. The Bertz CT molecular complexity index is 133. The molecule has 0 amide bonds. The lowest BCUT2D eigenvalue weighted by atomic mass is 10.2. The van der Waals surface area contributed by atoms with E-state index in [0.717, 1.165) is 38.7 Å². The summed E-state index contributed by atoms with van der Waals surface area (Å²) in [5.41, 5.74) is 0. The van der Waals surface area contributed by atoms with Gasteiger partial charge in [-0.1, -0.05) is 0 Å². The molecule has 0 aliphatic heterocycles. The van der Waals surface area contributed by atoms with Crippen molar-refractivity contribution in [1.82, 2.24) is 0 Å². The molecule has 0 rings (SSSR count). The highest BCUT2D eigenvalue weighted by Gasteiger charge is 1.83. The summed E-state index contributed by atoms with van der Waals surface area (Å²) in [4.78, 5) is 0. The van der Waals surface area contributed by atoms with Crippen LogP contribution in [0.1, 0.15) is 32.1 Å². The molecule has 0 atom stereocenters. The average molecular weight is 170 g/mol. The monoisotopic (exact) mass is 170 g/mol. The molecule has 70 valence electrons. The summed E-state index contributed by atoms with van der Waals surface area (Å²) in [6.45, 7) is 1.08. The highest BCUT2D eigenvalue weighted by molar-refractivity contribution is 4.98. The fraction of sp³-hybridized carbons (Fsp3) is 0.800. The predicted octanol–water partition coefficient (Wildman–Crippen LogP) is 1.58. The topological polar surface area (TPSA) is 29.5 Å². The average Bonchev–Trinajstić information content (AvgIpc) is 2.10. The van der Waals surface area contributed by atoms with Gasteiger partial charge >= 0.3 is 0 Å². The molecule has 0 radical (unpaired) electrons. The first kappa shape index (κ1) is 11.5. The molecule has 0 aromatic heterocycles. The minimum absolute atomic E-state index is 0.248. The first-order chi connectivity index (χ1) is 5.91. The van der Waals surface area contributed by atoms with E-state index in [1.165, 1.54) is 0 Å². The SMILES string of the molecule is COCCCCC#CCCCO. The summed E-state index contributed by atoms with van der Waals surface area (Å²) in [7, 11) is 1.72. The van der Waals surface area contributed by atoms with E-state index in [4.69, 9.17) is 9.84 Å². The molecule has 0 heterocycles. The fourth-order valence-corrected chi connectivity index (χ4v) is 0.804. The van der Waals surface area contributed by atoms with Crippen molar-refractivity contribution in [2.45, 2.75) is 32.1 Å². The van der Waals surface area contributed by atoms with Crippen LogP contribution in [0.5, 0.6) is 0 Å². The van der Waals surface area contributed by atoms with Gasteiger partial charge < -0.3 is 9.84 Å². The number of aliphatic hydroxyl groups excluding tert-OH is 1. The molecule has 2 heteroatoms. The first-order valence-electron chi connectivity index (χ1n) is 4.47. The van der Waals surface area contributed by atoms with Crippen LogP contribution in [0.4, 0.5) is 0 Å². The molecule has 0 spiro atoms. The van der Waals surface area contributed by atoms with E-state index < -0.39 is 0 Å². The number of rotatable bonds is 6. The standard InChI is InChI=1S/C10H18O2/c1-12-10-8-6-4-2-3-5-7-9-11/h11H,4-10H2,1H3. The third kappa shape index (κ3) is 9.48. The van der Waals surface area contributed by atoms with Crippen LogP contribution in [0.2, 0.25) is 0 Å². The molecule has 0 bridgehead atoms. The van der Waals surface area contributed by atoms with Crippen molar-refractivity contribution in [2.24, 2.45) is 0 Å². The molecule has 1 N–H and O–H groups in total. The van der Waals surface area contributed by atoms with Crippen molar-refractivity contribution in [3.05, 3.63) is 0 Å². The summed E-state index contributed by atoms with van der Waals surface area (Å²) in [5.74, 6) is 6.07. The number of aliphatic hydroxyl groups is 1. The van der Waals surface area contributed by atoms with Gasteiger partial charge in [-0.15, -0.1) is 11.8 Å². The van der Waals surface area contributed by atoms with Gasteiger partial charge in [-0.2, -0.15) is 0 Å². The number of hydrogen-bond acceptors (Lipinski definition) is 2. The van der Waals surface area contributed by atoms with E-state index in [9.17, 15) is 0 Å². The summed E-state index contributed by atoms with van der Waals surface area (Å²) >= 11 is 0. The van der Waals surface area contributed by atoms with Crippen molar-refractivity contribution >= 4 is 0 Å². The Kier molecular flexibility index (Phi) is 10.0. The van der Waals surface area contributed by atoms with Crippen LogP contribution in [0.3, 0.4) is 0 Å². The Morgan fingerprint density at radius 2 is 1.75 bits per heavy atom. The molecule has 0 aromatic rings. The maximum absolute atomic E-state index is 8.45. The first-order valence-corrected chi connectivity index (χ1v) is 4.47. The third-order valence-electron chi connectivity index (χ3n) is 1.49. The lowest BCUT2D eigenvalue weighted by Crippen LogP contribution is -1.86. The molecule has 2 nitrogen and oxygen atoms in total. The maximum Gasteiger partial charge on any atom is 0.0462 e. The van der Waals surface area contributed by atoms with Crippen molar-refractivity contribution in [3.8, 4) is 11.8 Å². The summed E-state index contributed by atoms with van der Waals surface area (Å²) < 4.78 is 4.91. The predicted molar refractivity (Wildman–Crippen MR) is 49.8 cm³/mol. The van der Waals surface area contributed by atoms with Gasteiger partial charge in [-0.05, 0) is 19.3 Å². The van der Waals surface area contributed by atoms with Gasteiger partial charge in [0.15, 0.2) is 0 Å². The number of hydrogen-bond donors (Lipinski definition) is 1. The molecular formula is C10H18O2. The summed E-state index contributed by atoms with van der Waals surface area (Å²) in [5, 5.41) is 8.45. The summed E-state index contributed by atoms with van der Waals surface area (Å²) in [6.07, 6.45) is 4.77. The largest absolute Gasteiger partial charge is 0.396 e. The van der Waals surface area contributed by atoms with Gasteiger partial charge in [0.25, 0.3) is 0 Å². The second-order valence-corrected chi connectivity index (χ2v) is 2.63. The van der Waals surface area contributed by atoms with Gasteiger partial charge in [-0.3, -0.25) is 0 Å². The fourth-order valence-electron chi connectivity index (χ4n) is 0.804. The van der Waals surface area contributed by atoms with Gasteiger partial charge in [0.1, 0.15) is 0 Å². The van der Waals surface area contributed by atoms with Crippen LogP contribution >= 0.6 is 0 Å². The van der Waals surface area contributed by atoms with E-state index in [2.05, 4.69) is 11.8 Å². The van der Waals surface area contributed by atoms with Crippen molar-refractivity contribution in [2.75, 3.05) is 20.3 Å². The van der Waals surface area contributed by atoms with E-state index in [1.807, 2.05) is 0 Å². The molecule has 12 heavy (non-hydrogen) atoms.